The maximum Gasteiger partial charge on any atom is 0.255 e. The molecule has 0 saturated heterocycles. The Morgan fingerprint density at radius 1 is 1.45 bits per heavy atom. The van der Waals surface area contributed by atoms with Crippen LogP contribution in [0.15, 0.2) is 18.6 Å². The smallest absolute Gasteiger partial charge is 0.255 e. The average molecular weight is 275 g/mol. The number of anilines is 2. The van der Waals surface area contributed by atoms with Crippen LogP contribution in [0.5, 0.6) is 0 Å². The number of aromatic nitrogens is 5. The summed E-state index contributed by atoms with van der Waals surface area (Å²) in [6, 6.07) is 0. The maximum atomic E-state index is 11.9. The van der Waals surface area contributed by atoms with Crippen molar-refractivity contribution in [3.63, 3.8) is 0 Å². The normalized spacial score (nSPS) is 14.2. The zero-order valence-electron chi connectivity index (χ0n) is 10.6. The maximum absolute atomic E-state index is 11.9. The van der Waals surface area contributed by atoms with Crippen LogP contribution >= 0.6 is 0 Å². The van der Waals surface area contributed by atoms with Gasteiger partial charge in [0.2, 0.25) is 11.9 Å². The summed E-state index contributed by atoms with van der Waals surface area (Å²) in [4.78, 5) is 27.2. The lowest BCUT2D eigenvalue weighted by Crippen LogP contribution is -2.19. The van der Waals surface area contributed by atoms with Gasteiger partial charge in [-0.3, -0.25) is 14.2 Å². The largest absolute Gasteiger partial charge is 0.369 e. The van der Waals surface area contributed by atoms with E-state index in [-0.39, 0.29) is 30.2 Å². The summed E-state index contributed by atoms with van der Waals surface area (Å²) >= 11 is 0. The van der Waals surface area contributed by atoms with Crippen LogP contribution in [0.3, 0.4) is 0 Å². The van der Waals surface area contributed by atoms with Crippen LogP contribution in [0.4, 0.5) is 11.8 Å². The third-order valence-electron chi connectivity index (χ3n) is 2.97. The molecule has 1 aliphatic rings. The van der Waals surface area contributed by atoms with Crippen LogP contribution in [-0.2, 0) is 11.3 Å². The number of carbonyl (C=O) groups excluding carboxylic acids is 2. The van der Waals surface area contributed by atoms with Crippen molar-refractivity contribution in [2.75, 3.05) is 11.1 Å². The second kappa shape index (κ2) is 4.76. The fourth-order valence-electron chi connectivity index (χ4n) is 1.75. The first-order chi connectivity index (χ1) is 9.63. The summed E-state index contributed by atoms with van der Waals surface area (Å²) < 4.78 is 2.56. The van der Waals surface area contributed by atoms with Gasteiger partial charge in [-0.25, -0.2) is 9.67 Å². The lowest BCUT2D eigenvalue weighted by molar-refractivity contribution is -0.117. The highest BCUT2D eigenvalue weighted by molar-refractivity contribution is 5.93. The molecule has 0 unspecified atom stereocenters. The van der Waals surface area contributed by atoms with E-state index in [1.54, 1.807) is 0 Å². The Bertz CT molecular complexity index is 655. The van der Waals surface area contributed by atoms with Gasteiger partial charge in [-0.2, -0.15) is 0 Å². The van der Waals surface area contributed by atoms with Crippen molar-refractivity contribution in [3.8, 4) is 0 Å². The number of amides is 1. The molecule has 0 bridgehead atoms. The minimum Gasteiger partial charge on any atom is -0.369 e. The van der Waals surface area contributed by atoms with Crippen molar-refractivity contribution < 1.29 is 9.59 Å². The second-order valence-corrected chi connectivity index (χ2v) is 4.61. The Morgan fingerprint density at radius 2 is 2.25 bits per heavy atom. The van der Waals surface area contributed by atoms with Crippen LogP contribution in [0.2, 0.25) is 0 Å². The molecule has 0 aliphatic heterocycles. The summed E-state index contributed by atoms with van der Waals surface area (Å²) in [7, 11) is 0. The number of nitrogens with two attached hydrogens (primary N) is 1. The molecule has 2 aromatic heterocycles. The molecule has 2 aromatic rings. The van der Waals surface area contributed by atoms with Crippen molar-refractivity contribution >= 4 is 23.6 Å². The Morgan fingerprint density at radius 3 is 2.90 bits per heavy atom. The van der Waals surface area contributed by atoms with Gasteiger partial charge >= 0.3 is 0 Å². The number of rotatable bonds is 4. The van der Waals surface area contributed by atoms with Gasteiger partial charge in [0.1, 0.15) is 6.54 Å². The summed E-state index contributed by atoms with van der Waals surface area (Å²) in [6.07, 6.45) is 6.25. The van der Waals surface area contributed by atoms with E-state index in [2.05, 4.69) is 20.6 Å². The lowest BCUT2D eigenvalue weighted by Gasteiger charge is -2.02. The van der Waals surface area contributed by atoms with Crippen LogP contribution in [-0.4, -0.2) is 36.4 Å². The van der Waals surface area contributed by atoms with E-state index in [9.17, 15) is 9.59 Å². The molecule has 1 saturated carbocycles. The molecule has 3 rings (SSSR count). The van der Waals surface area contributed by atoms with Gasteiger partial charge in [0, 0.05) is 18.3 Å². The minimum atomic E-state index is -0.287. The van der Waals surface area contributed by atoms with E-state index in [1.807, 2.05) is 0 Å². The molecule has 3 N–H and O–H groups in total. The highest BCUT2D eigenvalue weighted by Gasteiger charge is 2.30. The number of carbonyl (C=O) groups is 2. The third kappa shape index (κ3) is 2.51. The molecule has 1 aliphatic carbocycles. The first-order valence-corrected chi connectivity index (χ1v) is 6.16. The van der Waals surface area contributed by atoms with E-state index in [4.69, 9.17) is 5.73 Å². The standard InChI is InChI=1S/C11H13N7O2/c12-11-13-3-4-18(11)9(19)6-17-5-8(15-16-17)14-10(20)7-1-2-7/h3-5,7H,1-2,6H2,(H2,12,13)(H,14,20). The first kappa shape index (κ1) is 12.3. The molecule has 0 aromatic carbocycles. The molecule has 0 atom stereocenters. The lowest BCUT2D eigenvalue weighted by atomic mass is 10.4. The Hall–Kier alpha value is -2.71. The second-order valence-electron chi connectivity index (χ2n) is 4.61. The Labute approximate surface area is 113 Å². The molecular formula is C11H13N7O2. The molecule has 0 spiro atoms. The van der Waals surface area contributed by atoms with Crippen LogP contribution < -0.4 is 11.1 Å². The van der Waals surface area contributed by atoms with E-state index in [0.717, 1.165) is 12.8 Å². The van der Waals surface area contributed by atoms with Gasteiger partial charge in [-0.15, -0.1) is 5.10 Å². The van der Waals surface area contributed by atoms with Crippen molar-refractivity contribution in [1.29, 1.82) is 0 Å². The molecule has 1 amide bonds. The molecule has 2 heterocycles. The molecule has 0 radical (unpaired) electrons. The highest BCUT2D eigenvalue weighted by Crippen LogP contribution is 2.29. The minimum absolute atomic E-state index is 0.0349. The van der Waals surface area contributed by atoms with Crippen LogP contribution in [0.25, 0.3) is 0 Å². The number of hydrogen-bond donors (Lipinski definition) is 2. The van der Waals surface area contributed by atoms with Gasteiger partial charge in [-0.1, -0.05) is 5.21 Å². The summed E-state index contributed by atoms with van der Waals surface area (Å²) in [5, 5.41) is 10.2. The van der Waals surface area contributed by atoms with Gasteiger partial charge in [0.25, 0.3) is 5.91 Å². The van der Waals surface area contributed by atoms with Crippen LogP contribution in [0.1, 0.15) is 17.6 Å². The molecule has 1 fully saturated rings. The average Bonchev–Trinajstić information content (AvgIpc) is 3.05. The Balaban J connectivity index is 1.63. The number of nitrogens with zero attached hydrogens (tertiary/aromatic N) is 5. The number of nitrogen functional groups attached to an aromatic ring is 1. The SMILES string of the molecule is Nc1nccn1C(=O)Cn1cc(NC(=O)C2CC2)nn1. The van der Waals surface area contributed by atoms with Crippen molar-refractivity contribution in [2.24, 2.45) is 5.92 Å². The molecule has 20 heavy (non-hydrogen) atoms. The van der Waals surface area contributed by atoms with E-state index >= 15 is 0 Å². The number of hydrogen-bond acceptors (Lipinski definition) is 6. The van der Waals surface area contributed by atoms with Crippen LogP contribution in [0, 0.1) is 5.92 Å². The monoisotopic (exact) mass is 275 g/mol. The van der Waals surface area contributed by atoms with Gasteiger partial charge in [0.15, 0.2) is 5.82 Å². The molecule has 104 valence electrons. The van der Waals surface area contributed by atoms with E-state index in [1.165, 1.54) is 27.8 Å². The highest BCUT2D eigenvalue weighted by atomic mass is 16.2. The van der Waals surface area contributed by atoms with Crippen molar-refractivity contribution in [3.05, 3.63) is 18.6 Å². The predicted octanol–water partition coefficient (Wildman–Crippen LogP) is -0.254. The molecule has 9 heteroatoms. The van der Waals surface area contributed by atoms with Gasteiger partial charge in [0.05, 0.1) is 6.20 Å². The topological polar surface area (TPSA) is 121 Å². The quantitative estimate of drug-likeness (QED) is 0.793. The fourth-order valence-corrected chi connectivity index (χ4v) is 1.75. The van der Waals surface area contributed by atoms with E-state index < -0.39 is 0 Å². The fraction of sp³-hybridized carbons (Fsp3) is 0.364. The number of nitrogens with one attached hydrogen (secondary N) is 1. The zero-order valence-corrected chi connectivity index (χ0v) is 10.6. The first-order valence-electron chi connectivity index (χ1n) is 6.16. The van der Waals surface area contributed by atoms with E-state index in [0.29, 0.717) is 5.82 Å². The zero-order chi connectivity index (χ0) is 14.1. The number of imidazole rings is 1. The Kier molecular flexibility index (Phi) is 2.93. The summed E-state index contributed by atoms with van der Waals surface area (Å²) in [5.41, 5.74) is 5.54. The van der Waals surface area contributed by atoms with Crippen molar-refractivity contribution in [1.82, 2.24) is 24.5 Å². The van der Waals surface area contributed by atoms with Gasteiger partial charge in [-0.05, 0) is 12.8 Å². The van der Waals surface area contributed by atoms with Gasteiger partial charge < -0.3 is 11.1 Å². The summed E-state index contributed by atoms with van der Waals surface area (Å²) in [5.74, 6) is 0.213. The predicted molar refractivity (Wildman–Crippen MR) is 68.6 cm³/mol. The summed E-state index contributed by atoms with van der Waals surface area (Å²) in [6.45, 7) is -0.0349. The third-order valence-corrected chi connectivity index (χ3v) is 2.97. The van der Waals surface area contributed by atoms with Crippen molar-refractivity contribution in [2.45, 2.75) is 19.4 Å². The molecular weight excluding hydrogens is 262 g/mol. The molecule has 9 nitrogen and oxygen atoms in total.